The van der Waals surface area contributed by atoms with E-state index in [0.29, 0.717) is 5.41 Å². The lowest BCUT2D eigenvalue weighted by atomic mass is 9.83. The molecule has 1 aliphatic heterocycles. The van der Waals surface area contributed by atoms with E-state index in [2.05, 4.69) is 44.8 Å². The first-order valence-corrected chi connectivity index (χ1v) is 11.5. The van der Waals surface area contributed by atoms with Crippen molar-refractivity contribution in [3.05, 3.63) is 35.4 Å². The summed E-state index contributed by atoms with van der Waals surface area (Å²) >= 11 is 0. The third-order valence-electron chi connectivity index (χ3n) is 6.80. The van der Waals surface area contributed by atoms with Gasteiger partial charge in [0, 0.05) is 53.5 Å². The van der Waals surface area contributed by atoms with Gasteiger partial charge >= 0.3 is 0 Å². The average molecular weight is 417 g/mol. The van der Waals surface area contributed by atoms with Crippen LogP contribution >= 0.6 is 0 Å². The Balaban J connectivity index is 1.43. The summed E-state index contributed by atoms with van der Waals surface area (Å²) in [5, 5.41) is 16.7. The standard InChI is InChI=1S/C24H40N4O2/c1-25-23(27-19-24(13-16-30-2)11-3-4-12-24)26-17-20-5-7-21(8-6-20)18-28-14-9-22(29)10-15-28/h5-8,22,29H,3-4,9-19H2,1-2H3,(H2,25,26,27). The minimum Gasteiger partial charge on any atom is -0.393 e. The highest BCUT2D eigenvalue weighted by molar-refractivity contribution is 5.79. The number of ether oxygens (including phenoxy) is 1. The van der Waals surface area contributed by atoms with Gasteiger partial charge in [-0.1, -0.05) is 37.1 Å². The summed E-state index contributed by atoms with van der Waals surface area (Å²) in [7, 11) is 3.63. The Bertz CT molecular complexity index is 648. The second-order valence-corrected chi connectivity index (χ2v) is 9.05. The fourth-order valence-electron chi connectivity index (χ4n) is 4.73. The summed E-state index contributed by atoms with van der Waals surface area (Å²) in [5.74, 6) is 0.870. The van der Waals surface area contributed by atoms with Crippen LogP contribution in [0.3, 0.4) is 0 Å². The summed E-state index contributed by atoms with van der Waals surface area (Å²) in [6.07, 6.45) is 7.98. The molecule has 1 aliphatic carbocycles. The van der Waals surface area contributed by atoms with Gasteiger partial charge in [-0.3, -0.25) is 9.89 Å². The molecule has 1 aromatic rings. The van der Waals surface area contributed by atoms with Crippen molar-refractivity contribution in [1.29, 1.82) is 0 Å². The maximum absolute atomic E-state index is 9.65. The third kappa shape index (κ3) is 6.96. The van der Waals surface area contributed by atoms with E-state index in [9.17, 15) is 5.11 Å². The topological polar surface area (TPSA) is 69.1 Å². The van der Waals surface area contributed by atoms with E-state index in [1.807, 2.05) is 7.05 Å². The molecular formula is C24H40N4O2. The minimum absolute atomic E-state index is 0.110. The Morgan fingerprint density at radius 2 is 1.80 bits per heavy atom. The Morgan fingerprint density at radius 1 is 1.13 bits per heavy atom. The molecule has 0 atom stereocenters. The molecule has 0 bridgehead atoms. The number of piperidine rings is 1. The molecule has 2 fully saturated rings. The van der Waals surface area contributed by atoms with Gasteiger partial charge in [0.25, 0.3) is 0 Å². The molecule has 168 valence electrons. The Labute approximate surface area is 182 Å². The van der Waals surface area contributed by atoms with Gasteiger partial charge < -0.3 is 20.5 Å². The molecule has 6 nitrogen and oxygen atoms in total. The summed E-state index contributed by atoms with van der Waals surface area (Å²) in [5.41, 5.74) is 2.93. The molecule has 3 rings (SSSR count). The molecule has 1 saturated heterocycles. The second kappa shape index (κ2) is 11.7. The molecule has 0 amide bonds. The number of aliphatic hydroxyl groups excluding tert-OH is 1. The highest BCUT2D eigenvalue weighted by atomic mass is 16.5. The van der Waals surface area contributed by atoms with Crippen molar-refractivity contribution in [3.63, 3.8) is 0 Å². The molecule has 6 heteroatoms. The number of benzene rings is 1. The Morgan fingerprint density at radius 3 is 2.43 bits per heavy atom. The van der Waals surface area contributed by atoms with Gasteiger partial charge in [-0.15, -0.1) is 0 Å². The van der Waals surface area contributed by atoms with Gasteiger partial charge in [-0.2, -0.15) is 0 Å². The number of likely N-dealkylation sites (tertiary alicyclic amines) is 1. The van der Waals surface area contributed by atoms with Crippen molar-refractivity contribution in [3.8, 4) is 0 Å². The molecule has 2 aliphatic rings. The number of methoxy groups -OCH3 is 1. The summed E-state index contributed by atoms with van der Waals surface area (Å²) < 4.78 is 5.34. The molecule has 0 radical (unpaired) electrons. The molecule has 1 heterocycles. The van der Waals surface area contributed by atoms with Crippen molar-refractivity contribution in [1.82, 2.24) is 15.5 Å². The van der Waals surface area contributed by atoms with Crippen molar-refractivity contribution in [2.75, 3.05) is 40.4 Å². The number of rotatable bonds is 9. The Kier molecular flexibility index (Phi) is 8.97. The largest absolute Gasteiger partial charge is 0.393 e. The van der Waals surface area contributed by atoms with Crippen molar-refractivity contribution in [2.45, 2.75) is 64.1 Å². The van der Waals surface area contributed by atoms with Crippen molar-refractivity contribution >= 4 is 5.96 Å². The minimum atomic E-state index is -0.110. The van der Waals surface area contributed by atoms with Crippen LogP contribution in [0.1, 0.15) is 56.1 Å². The van der Waals surface area contributed by atoms with Gasteiger partial charge in [0.2, 0.25) is 0 Å². The number of hydrogen-bond acceptors (Lipinski definition) is 4. The summed E-state index contributed by atoms with van der Waals surface area (Å²) in [4.78, 5) is 6.84. The van der Waals surface area contributed by atoms with E-state index in [-0.39, 0.29) is 6.10 Å². The third-order valence-corrected chi connectivity index (χ3v) is 6.80. The fourth-order valence-corrected chi connectivity index (χ4v) is 4.73. The smallest absolute Gasteiger partial charge is 0.191 e. The van der Waals surface area contributed by atoms with Crippen LogP contribution in [0.25, 0.3) is 0 Å². The number of nitrogens with one attached hydrogen (secondary N) is 2. The first-order valence-electron chi connectivity index (χ1n) is 11.5. The molecule has 0 aromatic heterocycles. The van der Waals surface area contributed by atoms with Gasteiger partial charge in [0.1, 0.15) is 0 Å². The normalized spacial score (nSPS) is 20.4. The molecule has 1 saturated carbocycles. The van der Waals surface area contributed by atoms with E-state index >= 15 is 0 Å². The molecule has 0 spiro atoms. The van der Waals surface area contributed by atoms with E-state index in [1.54, 1.807) is 7.11 Å². The highest BCUT2D eigenvalue weighted by Gasteiger charge is 2.33. The zero-order chi connectivity index (χ0) is 21.2. The van der Waals surface area contributed by atoms with Crippen molar-refractivity contribution in [2.24, 2.45) is 10.4 Å². The second-order valence-electron chi connectivity index (χ2n) is 9.05. The first kappa shape index (κ1) is 23.0. The fraction of sp³-hybridized carbons (Fsp3) is 0.708. The average Bonchev–Trinajstić information content (AvgIpc) is 3.24. The maximum atomic E-state index is 9.65. The monoisotopic (exact) mass is 416 g/mol. The van der Waals surface area contributed by atoms with Crippen LogP contribution in [0, 0.1) is 5.41 Å². The zero-order valence-electron chi connectivity index (χ0n) is 18.8. The van der Waals surface area contributed by atoms with E-state index in [4.69, 9.17) is 4.74 Å². The lowest BCUT2D eigenvalue weighted by Gasteiger charge is -2.30. The number of hydrogen-bond donors (Lipinski definition) is 3. The quantitative estimate of drug-likeness (QED) is 0.427. The summed E-state index contributed by atoms with van der Waals surface area (Å²) in [6.45, 7) is 5.49. The van der Waals surface area contributed by atoms with Gasteiger partial charge in [-0.05, 0) is 48.6 Å². The highest BCUT2D eigenvalue weighted by Crippen LogP contribution is 2.40. The van der Waals surface area contributed by atoms with Crippen LogP contribution in [0.2, 0.25) is 0 Å². The van der Waals surface area contributed by atoms with Gasteiger partial charge in [0.15, 0.2) is 5.96 Å². The van der Waals surface area contributed by atoms with E-state index in [0.717, 1.165) is 64.6 Å². The van der Waals surface area contributed by atoms with Crippen LogP contribution in [0.5, 0.6) is 0 Å². The lowest BCUT2D eigenvalue weighted by Crippen LogP contribution is -2.43. The van der Waals surface area contributed by atoms with Crippen molar-refractivity contribution < 1.29 is 9.84 Å². The number of nitrogens with zero attached hydrogens (tertiary/aromatic N) is 2. The maximum Gasteiger partial charge on any atom is 0.191 e. The predicted molar refractivity (Wildman–Crippen MR) is 123 cm³/mol. The van der Waals surface area contributed by atoms with E-state index < -0.39 is 0 Å². The van der Waals surface area contributed by atoms with Gasteiger partial charge in [0.05, 0.1) is 6.10 Å². The molecule has 1 aromatic carbocycles. The van der Waals surface area contributed by atoms with Crippen LogP contribution < -0.4 is 10.6 Å². The summed E-state index contributed by atoms with van der Waals surface area (Å²) in [6, 6.07) is 8.84. The Hall–Kier alpha value is -1.63. The number of guanidine groups is 1. The molecule has 3 N–H and O–H groups in total. The van der Waals surface area contributed by atoms with Crippen LogP contribution in [0.4, 0.5) is 0 Å². The number of aliphatic hydroxyl groups is 1. The molecule has 0 unspecified atom stereocenters. The number of aliphatic imine (C=N–C) groups is 1. The van der Waals surface area contributed by atoms with Crippen LogP contribution in [-0.2, 0) is 17.8 Å². The lowest BCUT2D eigenvalue weighted by molar-refractivity contribution is 0.0792. The van der Waals surface area contributed by atoms with Gasteiger partial charge in [-0.25, -0.2) is 0 Å². The molecular weight excluding hydrogens is 376 g/mol. The first-order chi connectivity index (χ1) is 14.6. The van der Waals surface area contributed by atoms with Crippen LogP contribution in [-0.4, -0.2) is 62.5 Å². The zero-order valence-corrected chi connectivity index (χ0v) is 18.8. The predicted octanol–water partition coefficient (Wildman–Crippen LogP) is 2.91. The SMILES string of the molecule is CN=C(NCc1ccc(CN2CCC(O)CC2)cc1)NCC1(CCOC)CCCC1. The van der Waals surface area contributed by atoms with E-state index in [1.165, 1.54) is 36.8 Å². The molecule has 30 heavy (non-hydrogen) atoms. The van der Waals surface area contributed by atoms with Crippen LogP contribution in [0.15, 0.2) is 29.3 Å².